The Labute approximate surface area is 188 Å². The van der Waals surface area contributed by atoms with E-state index in [9.17, 15) is 0 Å². The minimum atomic E-state index is 0. The van der Waals surface area contributed by atoms with Crippen molar-refractivity contribution in [2.75, 3.05) is 46.9 Å². The first-order valence-electron chi connectivity index (χ1n) is 9.98. The van der Waals surface area contributed by atoms with Crippen LogP contribution in [0.2, 0.25) is 0 Å². The minimum absolute atomic E-state index is 0. The maximum atomic E-state index is 5.42. The summed E-state index contributed by atoms with van der Waals surface area (Å²) in [5.74, 6) is 1.61. The van der Waals surface area contributed by atoms with Gasteiger partial charge in [0.25, 0.3) is 0 Å². The number of hydrogen-bond acceptors (Lipinski definition) is 4. The van der Waals surface area contributed by atoms with Crippen LogP contribution in [0.15, 0.2) is 48.5 Å². The quantitative estimate of drug-likeness (QED) is 0.528. The monoisotopic (exact) mass is 440 g/mol. The normalized spacial score (nSPS) is 14.6. The van der Waals surface area contributed by atoms with Crippen LogP contribution in [0.5, 0.6) is 11.5 Å². The van der Waals surface area contributed by atoms with Crippen LogP contribution in [0.25, 0.3) is 0 Å². The number of unbranched alkanes of at least 4 members (excludes halogenated alkanes) is 1. The van der Waals surface area contributed by atoms with Gasteiger partial charge in [0.15, 0.2) is 11.5 Å². The van der Waals surface area contributed by atoms with Crippen LogP contribution >= 0.6 is 24.8 Å². The van der Waals surface area contributed by atoms with Gasteiger partial charge in [-0.1, -0.05) is 36.4 Å². The van der Waals surface area contributed by atoms with E-state index in [1.54, 1.807) is 14.2 Å². The maximum absolute atomic E-state index is 5.42. The molecule has 0 amide bonds. The highest BCUT2D eigenvalue weighted by molar-refractivity contribution is 5.85. The summed E-state index contributed by atoms with van der Waals surface area (Å²) in [5.41, 5.74) is 2.74. The third-order valence-electron chi connectivity index (χ3n) is 5.35. The number of ether oxygens (including phenoxy) is 2. The Morgan fingerprint density at radius 2 is 1.38 bits per heavy atom. The third-order valence-corrected chi connectivity index (χ3v) is 5.35. The Hall–Kier alpha value is -1.46. The van der Waals surface area contributed by atoms with E-state index in [1.807, 2.05) is 6.07 Å². The van der Waals surface area contributed by atoms with Gasteiger partial charge in [-0.3, -0.25) is 4.90 Å². The summed E-state index contributed by atoms with van der Waals surface area (Å²) >= 11 is 0. The molecule has 2 aromatic carbocycles. The van der Waals surface area contributed by atoms with Crippen molar-refractivity contribution in [1.82, 2.24) is 9.80 Å². The molecule has 1 saturated heterocycles. The van der Waals surface area contributed by atoms with Gasteiger partial charge in [-0.15, -0.1) is 24.8 Å². The molecule has 1 aliphatic heterocycles. The average Bonchev–Trinajstić information content (AvgIpc) is 2.73. The second-order valence-electron chi connectivity index (χ2n) is 7.25. The molecule has 0 N–H and O–H groups in total. The molecule has 0 bridgehead atoms. The first kappa shape index (κ1) is 25.6. The van der Waals surface area contributed by atoms with Crippen molar-refractivity contribution in [3.05, 3.63) is 59.7 Å². The Kier molecular flexibility index (Phi) is 12.1. The lowest BCUT2D eigenvalue weighted by Crippen LogP contribution is -2.46. The van der Waals surface area contributed by atoms with E-state index < -0.39 is 0 Å². The molecule has 0 spiro atoms. The second-order valence-corrected chi connectivity index (χ2v) is 7.25. The number of piperazine rings is 1. The zero-order valence-corrected chi connectivity index (χ0v) is 19.1. The number of aryl methyl sites for hydroxylation is 1. The van der Waals surface area contributed by atoms with Crippen LogP contribution in [0, 0.1) is 0 Å². The number of rotatable bonds is 9. The highest BCUT2D eigenvalue weighted by atomic mass is 35.5. The molecule has 29 heavy (non-hydrogen) atoms. The van der Waals surface area contributed by atoms with Gasteiger partial charge in [0.05, 0.1) is 14.2 Å². The van der Waals surface area contributed by atoms with Gasteiger partial charge in [0.2, 0.25) is 0 Å². The molecule has 4 nitrogen and oxygen atoms in total. The molecular weight excluding hydrogens is 407 g/mol. The van der Waals surface area contributed by atoms with Crippen LogP contribution in [0.1, 0.15) is 24.0 Å². The van der Waals surface area contributed by atoms with Crippen molar-refractivity contribution in [3.63, 3.8) is 0 Å². The van der Waals surface area contributed by atoms with Gasteiger partial charge >= 0.3 is 0 Å². The van der Waals surface area contributed by atoms with Crippen LogP contribution < -0.4 is 9.47 Å². The average molecular weight is 441 g/mol. The Morgan fingerprint density at radius 1 is 0.724 bits per heavy atom. The second kappa shape index (κ2) is 13.7. The van der Waals surface area contributed by atoms with Crippen molar-refractivity contribution in [2.45, 2.75) is 25.8 Å². The summed E-state index contributed by atoms with van der Waals surface area (Å²) in [6.45, 7) is 6.79. The molecule has 3 rings (SSSR count). The molecule has 162 valence electrons. The van der Waals surface area contributed by atoms with Gasteiger partial charge in [-0.05, 0) is 49.1 Å². The summed E-state index contributed by atoms with van der Waals surface area (Å²) in [7, 11) is 3.37. The zero-order valence-electron chi connectivity index (χ0n) is 17.5. The number of nitrogens with zero attached hydrogens (tertiary/aromatic N) is 2. The number of methoxy groups -OCH3 is 2. The predicted octanol–water partition coefficient (Wildman–Crippen LogP) is 4.69. The van der Waals surface area contributed by atoms with Crippen LogP contribution in [-0.4, -0.2) is 56.7 Å². The lowest BCUT2D eigenvalue weighted by Gasteiger charge is -2.34. The minimum Gasteiger partial charge on any atom is -0.493 e. The molecule has 0 aromatic heterocycles. The first-order valence-corrected chi connectivity index (χ1v) is 9.98. The van der Waals surface area contributed by atoms with Gasteiger partial charge < -0.3 is 14.4 Å². The topological polar surface area (TPSA) is 24.9 Å². The smallest absolute Gasteiger partial charge is 0.161 e. The number of benzene rings is 2. The van der Waals surface area contributed by atoms with E-state index >= 15 is 0 Å². The van der Waals surface area contributed by atoms with Crippen molar-refractivity contribution in [1.29, 1.82) is 0 Å². The van der Waals surface area contributed by atoms with E-state index in [4.69, 9.17) is 9.47 Å². The summed E-state index contributed by atoms with van der Waals surface area (Å²) in [6.07, 6.45) is 3.75. The molecule has 1 aliphatic rings. The largest absolute Gasteiger partial charge is 0.493 e. The fraction of sp³-hybridized carbons (Fsp3) is 0.478. The number of halogens is 2. The predicted molar refractivity (Wildman–Crippen MR) is 125 cm³/mol. The van der Waals surface area contributed by atoms with E-state index in [0.29, 0.717) is 0 Å². The Morgan fingerprint density at radius 3 is 2.03 bits per heavy atom. The van der Waals surface area contributed by atoms with Crippen molar-refractivity contribution >= 4 is 24.8 Å². The van der Waals surface area contributed by atoms with Crippen LogP contribution in [0.4, 0.5) is 0 Å². The summed E-state index contributed by atoms with van der Waals surface area (Å²) in [4.78, 5) is 5.14. The lowest BCUT2D eigenvalue weighted by atomic mass is 10.1. The standard InChI is InChI=1S/C23H32N2O2.2ClH/c1-26-22-12-11-21(18-23(22)27-2)19-25-16-14-24(15-17-25)13-7-6-10-20-8-4-3-5-9-20;;/h3-5,8-9,11-12,18H,6-7,10,13-17,19H2,1-2H3;2*1H. The summed E-state index contributed by atoms with van der Waals surface area (Å²) < 4.78 is 10.7. The molecule has 1 heterocycles. The Balaban J connectivity index is 0.00000210. The van der Waals surface area contributed by atoms with Crippen molar-refractivity contribution in [3.8, 4) is 11.5 Å². The molecular formula is C23H34Cl2N2O2. The van der Waals surface area contributed by atoms with E-state index in [0.717, 1.165) is 31.1 Å². The molecule has 0 atom stereocenters. The van der Waals surface area contributed by atoms with E-state index in [2.05, 4.69) is 52.3 Å². The molecule has 0 saturated carbocycles. The molecule has 6 heteroatoms. The van der Waals surface area contributed by atoms with E-state index in [-0.39, 0.29) is 24.8 Å². The van der Waals surface area contributed by atoms with Crippen molar-refractivity contribution < 1.29 is 9.47 Å². The maximum Gasteiger partial charge on any atom is 0.161 e. The Bertz CT molecular complexity index is 693. The molecule has 2 aromatic rings. The fourth-order valence-electron chi connectivity index (χ4n) is 3.72. The lowest BCUT2D eigenvalue weighted by molar-refractivity contribution is 0.125. The first-order chi connectivity index (χ1) is 13.3. The molecule has 0 unspecified atom stereocenters. The van der Waals surface area contributed by atoms with E-state index in [1.165, 1.54) is 50.0 Å². The molecule has 1 fully saturated rings. The summed E-state index contributed by atoms with van der Waals surface area (Å²) in [5, 5.41) is 0. The third kappa shape index (κ3) is 8.06. The molecule has 0 aliphatic carbocycles. The molecule has 0 radical (unpaired) electrons. The highest BCUT2D eigenvalue weighted by Crippen LogP contribution is 2.28. The highest BCUT2D eigenvalue weighted by Gasteiger charge is 2.17. The van der Waals surface area contributed by atoms with Gasteiger partial charge in [0, 0.05) is 32.7 Å². The van der Waals surface area contributed by atoms with Gasteiger partial charge in [0.1, 0.15) is 0 Å². The van der Waals surface area contributed by atoms with Gasteiger partial charge in [-0.25, -0.2) is 0 Å². The summed E-state index contributed by atoms with van der Waals surface area (Å²) in [6, 6.07) is 17.0. The SMILES string of the molecule is COc1ccc(CN2CCN(CCCCc3ccccc3)CC2)cc1OC.Cl.Cl. The van der Waals surface area contributed by atoms with Crippen LogP contribution in [-0.2, 0) is 13.0 Å². The fourth-order valence-corrected chi connectivity index (χ4v) is 3.72. The zero-order chi connectivity index (χ0) is 18.9. The number of hydrogen-bond donors (Lipinski definition) is 0. The van der Waals surface area contributed by atoms with Crippen molar-refractivity contribution in [2.24, 2.45) is 0 Å². The van der Waals surface area contributed by atoms with Crippen LogP contribution in [0.3, 0.4) is 0 Å². The van der Waals surface area contributed by atoms with Gasteiger partial charge in [-0.2, -0.15) is 0 Å².